The minimum atomic E-state index is -0.748. The van der Waals surface area contributed by atoms with Crippen molar-refractivity contribution in [3.63, 3.8) is 0 Å². The molecule has 3 aromatic rings. The second-order valence-corrected chi connectivity index (χ2v) is 6.84. The van der Waals surface area contributed by atoms with Crippen molar-refractivity contribution in [1.29, 1.82) is 0 Å². The molecule has 1 aliphatic heterocycles. The predicted octanol–water partition coefficient (Wildman–Crippen LogP) is 3.02. The third-order valence-electron chi connectivity index (χ3n) is 5.10. The molecule has 1 atom stereocenters. The van der Waals surface area contributed by atoms with Crippen LogP contribution in [0.15, 0.2) is 60.4 Å². The number of benzene rings is 1. The molecule has 7 heteroatoms. The van der Waals surface area contributed by atoms with E-state index < -0.39 is 17.7 Å². The number of nitrogens with zero attached hydrogens (tertiary/aromatic N) is 2. The summed E-state index contributed by atoms with van der Waals surface area (Å²) >= 11 is 0. The highest BCUT2D eigenvalue weighted by Crippen LogP contribution is 2.39. The lowest BCUT2D eigenvalue weighted by atomic mass is 9.98. The summed E-state index contributed by atoms with van der Waals surface area (Å²) in [5.41, 5.74) is 1.90. The number of aromatic nitrogens is 2. The number of nitrogens with one attached hydrogen (secondary N) is 1. The molecule has 1 saturated heterocycles. The molecule has 0 bridgehead atoms. The maximum atomic E-state index is 12.9. The number of methoxy groups -OCH3 is 1. The molecule has 0 aliphatic carbocycles. The van der Waals surface area contributed by atoms with Gasteiger partial charge in [0.2, 0.25) is 0 Å². The summed E-state index contributed by atoms with van der Waals surface area (Å²) < 4.78 is 5.08. The Morgan fingerprint density at radius 2 is 2.00 bits per heavy atom. The first-order valence-corrected chi connectivity index (χ1v) is 9.38. The van der Waals surface area contributed by atoms with Gasteiger partial charge in [-0.15, -0.1) is 0 Å². The Morgan fingerprint density at radius 1 is 1.21 bits per heavy atom. The number of ether oxygens (including phenoxy) is 1. The number of hydrogen-bond acceptors (Lipinski definition) is 5. The standard InChI is InChI=1S/C22H21N3O4/c1-29-12-6-11-25-19(17-9-4-5-10-23-17)18(21(27)22(25)28)20(26)15-13-24-16-8-3-2-7-14(15)16/h2-5,7-10,13,19,24,26H,6,11-12H2,1H3/b20-18-. The maximum absolute atomic E-state index is 12.9. The van der Waals surface area contributed by atoms with Gasteiger partial charge in [0, 0.05) is 49.1 Å². The summed E-state index contributed by atoms with van der Waals surface area (Å²) in [6, 6.07) is 12.0. The zero-order chi connectivity index (χ0) is 20.4. The molecule has 1 aliphatic rings. The first-order chi connectivity index (χ1) is 14.1. The van der Waals surface area contributed by atoms with E-state index in [9.17, 15) is 14.7 Å². The van der Waals surface area contributed by atoms with Crippen LogP contribution in [0.1, 0.15) is 23.7 Å². The number of aliphatic hydroxyl groups is 1. The smallest absolute Gasteiger partial charge is 0.295 e. The molecule has 2 aromatic heterocycles. The van der Waals surface area contributed by atoms with Crippen LogP contribution in [-0.4, -0.2) is 51.9 Å². The largest absolute Gasteiger partial charge is 0.507 e. The Hall–Kier alpha value is -3.45. The number of aromatic amines is 1. The number of para-hydroxylation sites is 1. The van der Waals surface area contributed by atoms with E-state index in [-0.39, 0.29) is 11.3 Å². The van der Waals surface area contributed by atoms with E-state index in [1.165, 1.54) is 4.90 Å². The molecular weight excluding hydrogens is 370 g/mol. The van der Waals surface area contributed by atoms with Crippen LogP contribution in [0.5, 0.6) is 0 Å². The fourth-order valence-corrected chi connectivity index (χ4v) is 3.75. The molecule has 1 unspecified atom stereocenters. The Labute approximate surface area is 167 Å². The topological polar surface area (TPSA) is 95.5 Å². The number of H-pyrrole nitrogens is 1. The van der Waals surface area contributed by atoms with Gasteiger partial charge in [-0.2, -0.15) is 0 Å². The fourth-order valence-electron chi connectivity index (χ4n) is 3.75. The van der Waals surface area contributed by atoms with Crippen LogP contribution in [-0.2, 0) is 14.3 Å². The van der Waals surface area contributed by atoms with Gasteiger partial charge < -0.3 is 19.7 Å². The molecule has 2 N–H and O–H groups in total. The minimum Gasteiger partial charge on any atom is -0.507 e. The van der Waals surface area contributed by atoms with Gasteiger partial charge in [0.1, 0.15) is 11.8 Å². The summed E-state index contributed by atoms with van der Waals surface area (Å²) in [6.45, 7) is 0.782. The number of amides is 1. The molecule has 1 fully saturated rings. The van der Waals surface area contributed by atoms with Crippen LogP contribution in [0, 0.1) is 0 Å². The van der Waals surface area contributed by atoms with E-state index in [1.807, 2.05) is 24.3 Å². The van der Waals surface area contributed by atoms with E-state index in [0.29, 0.717) is 30.8 Å². The van der Waals surface area contributed by atoms with Crippen molar-refractivity contribution < 1.29 is 19.4 Å². The Bertz CT molecular complexity index is 1090. The average Bonchev–Trinajstić information content (AvgIpc) is 3.29. The van der Waals surface area contributed by atoms with Gasteiger partial charge in [-0.05, 0) is 24.6 Å². The van der Waals surface area contributed by atoms with Crippen molar-refractivity contribution >= 4 is 28.4 Å². The lowest BCUT2D eigenvalue weighted by Gasteiger charge is -2.24. The molecular formula is C22H21N3O4. The molecule has 0 spiro atoms. The quantitative estimate of drug-likeness (QED) is 0.291. The summed E-state index contributed by atoms with van der Waals surface area (Å²) in [6.07, 6.45) is 3.82. The molecule has 1 aromatic carbocycles. The average molecular weight is 391 g/mol. The molecule has 1 amide bonds. The second kappa shape index (κ2) is 7.89. The molecule has 4 rings (SSSR count). The number of pyridine rings is 1. The molecule has 0 saturated carbocycles. The van der Waals surface area contributed by atoms with Gasteiger partial charge >= 0.3 is 0 Å². The predicted molar refractivity (Wildman–Crippen MR) is 108 cm³/mol. The maximum Gasteiger partial charge on any atom is 0.295 e. The summed E-state index contributed by atoms with van der Waals surface area (Å²) in [4.78, 5) is 34.6. The van der Waals surface area contributed by atoms with Gasteiger partial charge in [0.25, 0.3) is 11.7 Å². The van der Waals surface area contributed by atoms with Crippen LogP contribution in [0.25, 0.3) is 16.7 Å². The fraction of sp³-hybridized carbons (Fsp3) is 0.227. The number of Topliss-reactive ketones (excluding diaryl/α,β-unsaturated/α-hetero) is 1. The highest BCUT2D eigenvalue weighted by Gasteiger charge is 2.46. The van der Waals surface area contributed by atoms with Crippen LogP contribution in [0.4, 0.5) is 0 Å². The lowest BCUT2D eigenvalue weighted by molar-refractivity contribution is -0.140. The van der Waals surface area contributed by atoms with Crippen molar-refractivity contribution in [2.24, 2.45) is 0 Å². The first-order valence-electron chi connectivity index (χ1n) is 9.38. The van der Waals surface area contributed by atoms with Crippen LogP contribution in [0.3, 0.4) is 0 Å². The third-order valence-corrected chi connectivity index (χ3v) is 5.10. The van der Waals surface area contributed by atoms with Gasteiger partial charge in [0.05, 0.1) is 11.3 Å². The van der Waals surface area contributed by atoms with Crippen LogP contribution >= 0.6 is 0 Å². The Kier molecular flexibility index (Phi) is 5.14. The molecule has 7 nitrogen and oxygen atoms in total. The number of aliphatic hydroxyl groups excluding tert-OH is 1. The number of hydrogen-bond donors (Lipinski definition) is 2. The summed E-state index contributed by atoms with van der Waals surface area (Å²) in [5, 5.41) is 11.9. The molecule has 29 heavy (non-hydrogen) atoms. The van der Waals surface area contributed by atoms with Gasteiger partial charge in [-0.3, -0.25) is 14.6 Å². The number of ketones is 1. The minimum absolute atomic E-state index is 0.0517. The molecule has 3 heterocycles. The van der Waals surface area contributed by atoms with Crippen molar-refractivity contribution in [3.05, 3.63) is 71.7 Å². The van der Waals surface area contributed by atoms with Crippen LogP contribution < -0.4 is 0 Å². The number of fused-ring (bicyclic) bond motifs is 1. The van der Waals surface area contributed by atoms with E-state index in [2.05, 4.69) is 9.97 Å². The summed E-state index contributed by atoms with van der Waals surface area (Å²) in [5.74, 6) is -1.55. The highest BCUT2D eigenvalue weighted by atomic mass is 16.5. The Balaban J connectivity index is 1.86. The SMILES string of the molecule is COCCCN1C(=O)C(=O)/C(=C(\O)c2c[nH]c3ccccc23)C1c1ccccn1. The number of carbonyl (C=O) groups is 2. The van der Waals surface area contributed by atoms with E-state index in [1.54, 1.807) is 37.7 Å². The van der Waals surface area contributed by atoms with Gasteiger partial charge in [-0.1, -0.05) is 24.3 Å². The molecule has 0 radical (unpaired) electrons. The second-order valence-electron chi connectivity index (χ2n) is 6.84. The van der Waals surface area contributed by atoms with E-state index >= 15 is 0 Å². The van der Waals surface area contributed by atoms with Gasteiger partial charge in [0.15, 0.2) is 0 Å². The zero-order valence-electron chi connectivity index (χ0n) is 16.0. The number of likely N-dealkylation sites (tertiary alicyclic amines) is 1. The van der Waals surface area contributed by atoms with E-state index in [4.69, 9.17) is 4.74 Å². The monoisotopic (exact) mass is 391 g/mol. The van der Waals surface area contributed by atoms with Crippen LogP contribution in [0.2, 0.25) is 0 Å². The van der Waals surface area contributed by atoms with Crippen molar-refractivity contribution in [2.75, 3.05) is 20.3 Å². The van der Waals surface area contributed by atoms with Crippen molar-refractivity contribution in [1.82, 2.24) is 14.9 Å². The normalized spacial score (nSPS) is 18.7. The number of rotatable bonds is 6. The summed E-state index contributed by atoms with van der Waals surface area (Å²) in [7, 11) is 1.58. The van der Waals surface area contributed by atoms with Crippen molar-refractivity contribution in [3.8, 4) is 0 Å². The zero-order valence-corrected chi connectivity index (χ0v) is 16.0. The van der Waals surface area contributed by atoms with E-state index in [0.717, 1.165) is 10.9 Å². The number of carbonyl (C=O) groups excluding carboxylic acids is 2. The lowest BCUT2D eigenvalue weighted by Crippen LogP contribution is -2.31. The Morgan fingerprint density at radius 3 is 2.76 bits per heavy atom. The van der Waals surface area contributed by atoms with Crippen molar-refractivity contribution in [2.45, 2.75) is 12.5 Å². The third kappa shape index (κ3) is 3.30. The van der Waals surface area contributed by atoms with Gasteiger partial charge in [-0.25, -0.2) is 0 Å². The highest BCUT2D eigenvalue weighted by molar-refractivity contribution is 6.46. The first kappa shape index (κ1) is 18.9. The molecule has 148 valence electrons.